The number of piperidine rings is 1. The van der Waals surface area contributed by atoms with Crippen LogP contribution in [0.1, 0.15) is 36.9 Å². The predicted molar refractivity (Wildman–Crippen MR) is 102 cm³/mol. The number of hydrogen-bond acceptors (Lipinski definition) is 2. The van der Waals surface area contributed by atoms with Gasteiger partial charge in [0.05, 0.1) is 5.92 Å². The van der Waals surface area contributed by atoms with Gasteiger partial charge < -0.3 is 10.6 Å². The Hall–Kier alpha value is -2.20. The molecule has 0 saturated carbocycles. The monoisotopic (exact) mass is 354 g/mol. The van der Waals surface area contributed by atoms with Crippen molar-refractivity contribution in [1.82, 2.24) is 4.90 Å². The molecule has 1 fully saturated rings. The van der Waals surface area contributed by atoms with Crippen LogP contribution in [0.15, 0.2) is 54.6 Å². The van der Waals surface area contributed by atoms with Gasteiger partial charge in [0.2, 0.25) is 5.91 Å². The molecule has 2 unspecified atom stereocenters. The number of amides is 1. The molecule has 2 aromatic carbocycles. The van der Waals surface area contributed by atoms with Crippen LogP contribution >= 0.6 is 0 Å². The number of halogens is 1. The Labute approximate surface area is 155 Å². The van der Waals surface area contributed by atoms with E-state index in [1.807, 2.05) is 48.2 Å². The van der Waals surface area contributed by atoms with Crippen LogP contribution < -0.4 is 5.73 Å². The van der Waals surface area contributed by atoms with Gasteiger partial charge in [-0.15, -0.1) is 0 Å². The van der Waals surface area contributed by atoms with E-state index in [2.05, 4.69) is 0 Å². The van der Waals surface area contributed by atoms with Crippen LogP contribution in [0.5, 0.6) is 0 Å². The van der Waals surface area contributed by atoms with E-state index in [0.717, 1.165) is 43.5 Å². The Morgan fingerprint density at radius 3 is 2.50 bits per heavy atom. The highest BCUT2D eigenvalue weighted by Crippen LogP contribution is 2.26. The van der Waals surface area contributed by atoms with E-state index in [-0.39, 0.29) is 23.7 Å². The minimum absolute atomic E-state index is 0.130. The first-order chi connectivity index (χ1) is 12.5. The molecule has 138 valence electrons. The number of hydrogen-bond donors (Lipinski definition) is 1. The van der Waals surface area contributed by atoms with E-state index < -0.39 is 0 Å². The molecule has 0 bridgehead atoms. The molecule has 26 heavy (non-hydrogen) atoms. The van der Waals surface area contributed by atoms with Crippen molar-refractivity contribution in [2.24, 2.45) is 17.6 Å². The first-order valence-corrected chi connectivity index (χ1v) is 9.38. The second kappa shape index (κ2) is 8.45. The maximum atomic E-state index is 13.3. The summed E-state index contributed by atoms with van der Waals surface area (Å²) in [7, 11) is 0. The molecule has 1 heterocycles. The molecule has 1 aliphatic rings. The summed E-state index contributed by atoms with van der Waals surface area (Å²) in [6.45, 7) is 3.42. The third kappa shape index (κ3) is 4.50. The third-order valence-electron chi connectivity index (χ3n) is 5.45. The Kier molecular flexibility index (Phi) is 6.04. The van der Waals surface area contributed by atoms with Gasteiger partial charge in [0.15, 0.2) is 0 Å². The van der Waals surface area contributed by atoms with E-state index >= 15 is 0 Å². The van der Waals surface area contributed by atoms with Crippen LogP contribution in [0.2, 0.25) is 0 Å². The first-order valence-electron chi connectivity index (χ1n) is 9.38. The Morgan fingerprint density at radius 2 is 1.85 bits per heavy atom. The molecule has 4 heteroatoms. The summed E-state index contributed by atoms with van der Waals surface area (Å²) in [4.78, 5) is 14.8. The Balaban J connectivity index is 1.53. The highest BCUT2D eigenvalue weighted by atomic mass is 19.1. The van der Waals surface area contributed by atoms with Crippen LogP contribution in [-0.2, 0) is 11.2 Å². The molecule has 0 radical (unpaired) electrons. The molecule has 3 nitrogen and oxygen atoms in total. The number of carbonyl (C=O) groups is 1. The summed E-state index contributed by atoms with van der Waals surface area (Å²) in [6, 6.07) is 16.3. The average Bonchev–Trinajstić information content (AvgIpc) is 2.67. The summed E-state index contributed by atoms with van der Waals surface area (Å²) < 4.78 is 13.3. The van der Waals surface area contributed by atoms with Gasteiger partial charge in [0, 0.05) is 19.1 Å². The number of benzene rings is 2. The molecule has 0 aliphatic carbocycles. The standard InChI is InChI=1S/C22H27FN2O/c1-16(21(24)19-7-3-2-4-8-19)22(26)25-12-10-17(11-13-25)14-18-6-5-9-20(23)15-18/h2-9,15-17,21H,10-14,24H2,1H3. The van der Waals surface area contributed by atoms with Crippen LogP contribution in [0.3, 0.4) is 0 Å². The van der Waals surface area contributed by atoms with E-state index in [0.29, 0.717) is 5.92 Å². The van der Waals surface area contributed by atoms with Crippen molar-refractivity contribution in [3.63, 3.8) is 0 Å². The third-order valence-corrected chi connectivity index (χ3v) is 5.45. The van der Waals surface area contributed by atoms with E-state index in [9.17, 15) is 9.18 Å². The minimum atomic E-state index is -0.284. The van der Waals surface area contributed by atoms with Crippen LogP contribution in [0.4, 0.5) is 4.39 Å². The fourth-order valence-electron chi connectivity index (χ4n) is 3.76. The Bertz CT molecular complexity index is 726. The second-order valence-electron chi connectivity index (χ2n) is 7.33. The lowest BCUT2D eigenvalue weighted by Gasteiger charge is -2.35. The molecule has 2 N–H and O–H groups in total. The Morgan fingerprint density at radius 1 is 1.15 bits per heavy atom. The van der Waals surface area contributed by atoms with Gasteiger partial charge in [-0.1, -0.05) is 49.4 Å². The smallest absolute Gasteiger partial charge is 0.227 e. The molecule has 1 amide bonds. The molecule has 2 aromatic rings. The van der Waals surface area contributed by atoms with Gasteiger partial charge in [0.1, 0.15) is 5.82 Å². The zero-order chi connectivity index (χ0) is 18.5. The van der Waals surface area contributed by atoms with E-state index in [1.165, 1.54) is 6.07 Å². The fourth-order valence-corrected chi connectivity index (χ4v) is 3.76. The normalized spacial score (nSPS) is 17.7. The predicted octanol–water partition coefficient (Wildman–Crippen LogP) is 3.94. The molecule has 1 saturated heterocycles. The lowest BCUT2D eigenvalue weighted by atomic mass is 9.88. The highest BCUT2D eigenvalue weighted by Gasteiger charge is 2.29. The van der Waals surface area contributed by atoms with Gasteiger partial charge in [-0.05, 0) is 48.4 Å². The molecule has 3 rings (SSSR count). The highest BCUT2D eigenvalue weighted by molar-refractivity contribution is 5.79. The maximum Gasteiger partial charge on any atom is 0.227 e. The number of carbonyl (C=O) groups excluding carboxylic acids is 1. The largest absolute Gasteiger partial charge is 0.342 e. The molecular weight excluding hydrogens is 327 g/mol. The number of nitrogens with zero attached hydrogens (tertiary/aromatic N) is 1. The number of rotatable bonds is 5. The minimum Gasteiger partial charge on any atom is -0.342 e. The molecule has 0 aromatic heterocycles. The van der Waals surface area contributed by atoms with Crippen LogP contribution in [-0.4, -0.2) is 23.9 Å². The van der Waals surface area contributed by atoms with E-state index in [4.69, 9.17) is 5.73 Å². The zero-order valence-electron chi connectivity index (χ0n) is 15.3. The van der Waals surface area contributed by atoms with Gasteiger partial charge >= 0.3 is 0 Å². The van der Waals surface area contributed by atoms with Crippen LogP contribution in [0, 0.1) is 17.7 Å². The molecule has 1 aliphatic heterocycles. The summed E-state index contributed by atoms with van der Waals surface area (Å²) >= 11 is 0. The van der Waals surface area contributed by atoms with Crippen LogP contribution in [0.25, 0.3) is 0 Å². The van der Waals surface area contributed by atoms with Crippen molar-refractivity contribution in [2.45, 2.75) is 32.2 Å². The lowest BCUT2D eigenvalue weighted by molar-refractivity contribution is -0.137. The summed E-state index contributed by atoms with van der Waals surface area (Å²) in [5.74, 6) is 0.209. The fraction of sp³-hybridized carbons (Fsp3) is 0.409. The molecular formula is C22H27FN2O. The van der Waals surface area contributed by atoms with Gasteiger partial charge in [0.25, 0.3) is 0 Å². The summed E-state index contributed by atoms with van der Waals surface area (Å²) in [5.41, 5.74) is 8.34. The quantitative estimate of drug-likeness (QED) is 0.884. The van der Waals surface area contributed by atoms with Crippen molar-refractivity contribution in [2.75, 3.05) is 13.1 Å². The van der Waals surface area contributed by atoms with Crippen molar-refractivity contribution >= 4 is 5.91 Å². The van der Waals surface area contributed by atoms with Crippen molar-refractivity contribution in [3.05, 3.63) is 71.5 Å². The number of likely N-dealkylation sites (tertiary alicyclic amines) is 1. The summed E-state index contributed by atoms with van der Waals surface area (Å²) in [6.07, 6.45) is 2.78. The van der Waals surface area contributed by atoms with Gasteiger partial charge in [-0.2, -0.15) is 0 Å². The average molecular weight is 354 g/mol. The summed E-state index contributed by atoms with van der Waals surface area (Å²) in [5, 5.41) is 0. The topological polar surface area (TPSA) is 46.3 Å². The lowest BCUT2D eigenvalue weighted by Crippen LogP contribution is -2.44. The molecule has 0 spiro atoms. The van der Waals surface area contributed by atoms with Crippen molar-refractivity contribution < 1.29 is 9.18 Å². The first kappa shape index (κ1) is 18.6. The van der Waals surface area contributed by atoms with Crippen molar-refractivity contribution in [3.8, 4) is 0 Å². The molecule has 2 atom stereocenters. The maximum absolute atomic E-state index is 13.3. The van der Waals surface area contributed by atoms with Gasteiger partial charge in [-0.25, -0.2) is 4.39 Å². The SMILES string of the molecule is CC(C(=O)N1CCC(Cc2cccc(F)c2)CC1)C(N)c1ccccc1. The zero-order valence-corrected chi connectivity index (χ0v) is 15.3. The van der Waals surface area contributed by atoms with Crippen molar-refractivity contribution in [1.29, 1.82) is 0 Å². The second-order valence-corrected chi connectivity index (χ2v) is 7.33. The van der Waals surface area contributed by atoms with E-state index in [1.54, 1.807) is 12.1 Å². The van der Waals surface area contributed by atoms with Gasteiger partial charge in [-0.3, -0.25) is 4.79 Å². The number of nitrogens with two attached hydrogens (primary N) is 1.